The molecule has 1 unspecified atom stereocenters. The monoisotopic (exact) mass is 987 g/mol. The number of aliphatic hydroxyl groups is 1. The number of allylic oxidation sites excluding steroid dienone is 1. The van der Waals surface area contributed by atoms with Crippen LogP contribution in [0.5, 0.6) is 23.0 Å². The maximum atomic E-state index is 10.9. The molecule has 1 N–H and O–H groups in total. The molecule has 71 heavy (non-hydrogen) atoms. The average molecular weight is 988 g/mol. The van der Waals surface area contributed by atoms with E-state index in [1.807, 2.05) is 69.6 Å². The van der Waals surface area contributed by atoms with Crippen LogP contribution in [-0.4, -0.2) is 136 Å². The van der Waals surface area contributed by atoms with Gasteiger partial charge in [-0.15, -0.1) is 0 Å². The van der Waals surface area contributed by atoms with Gasteiger partial charge < -0.3 is 43.7 Å². The van der Waals surface area contributed by atoms with Crippen LogP contribution in [0.3, 0.4) is 0 Å². The molecule has 0 aromatic heterocycles. The summed E-state index contributed by atoms with van der Waals surface area (Å²) in [5, 5.41) is 10.9. The van der Waals surface area contributed by atoms with Crippen LogP contribution in [0.1, 0.15) is 124 Å². The Morgan fingerprint density at radius 1 is 0.521 bits per heavy atom. The third-order valence-corrected chi connectivity index (χ3v) is 13.1. The Morgan fingerprint density at radius 2 is 0.887 bits per heavy atom. The molecule has 4 aromatic carbocycles. The van der Waals surface area contributed by atoms with E-state index in [9.17, 15) is 5.11 Å². The highest BCUT2D eigenvalue weighted by Crippen LogP contribution is 2.36. The van der Waals surface area contributed by atoms with Gasteiger partial charge in [0.25, 0.3) is 0 Å². The fraction of sp³-hybridized carbons (Fsp3) is 0.581. The van der Waals surface area contributed by atoms with Crippen molar-refractivity contribution in [2.24, 2.45) is 23.7 Å². The Hall–Kier alpha value is -4.38. The molecule has 9 nitrogen and oxygen atoms in total. The first-order valence-corrected chi connectivity index (χ1v) is 25.2. The van der Waals surface area contributed by atoms with Gasteiger partial charge in [0.05, 0.1) is 34.0 Å². The average Bonchev–Trinajstić information content (AvgIpc) is 3.32. The number of hydrogen-bond acceptors (Lipinski definition) is 9. The van der Waals surface area contributed by atoms with Crippen LogP contribution >= 0.6 is 0 Å². The zero-order valence-corrected chi connectivity index (χ0v) is 47.1. The van der Waals surface area contributed by atoms with Crippen LogP contribution in [0, 0.1) is 23.7 Å². The van der Waals surface area contributed by atoms with E-state index in [-0.39, 0.29) is 20.8 Å². The third kappa shape index (κ3) is 24.3. The molecule has 4 rings (SSSR count). The summed E-state index contributed by atoms with van der Waals surface area (Å²) in [4.78, 5) is 8.83. The molecule has 0 aliphatic heterocycles. The van der Waals surface area contributed by atoms with Gasteiger partial charge in [-0.05, 0) is 189 Å². The van der Waals surface area contributed by atoms with E-state index in [1.54, 1.807) is 28.4 Å². The summed E-state index contributed by atoms with van der Waals surface area (Å²) in [7, 11) is 23.6. The predicted molar refractivity (Wildman–Crippen MR) is 310 cm³/mol. The summed E-state index contributed by atoms with van der Waals surface area (Å²) in [6, 6.07) is 32.9. The van der Waals surface area contributed by atoms with E-state index in [0.717, 1.165) is 54.7 Å². The molecule has 0 heterocycles. The predicted octanol–water partition coefficient (Wildman–Crippen LogP) is 13.8. The molecular weight excluding hydrogens is 881 g/mol. The Morgan fingerprint density at radius 3 is 1.24 bits per heavy atom. The van der Waals surface area contributed by atoms with E-state index in [4.69, 9.17) is 18.9 Å². The van der Waals surface area contributed by atoms with Gasteiger partial charge in [-0.3, -0.25) is 0 Å². The minimum absolute atomic E-state index is 0. The third-order valence-electron chi connectivity index (χ3n) is 13.1. The highest BCUT2D eigenvalue weighted by Gasteiger charge is 2.34. The summed E-state index contributed by atoms with van der Waals surface area (Å²) in [6.07, 6.45) is 5.22. The first kappa shape index (κ1) is 68.7. The minimum atomic E-state index is -0.807. The summed E-state index contributed by atoms with van der Waals surface area (Å²) in [6.45, 7) is 21.8. The molecule has 0 fully saturated rings. The van der Waals surface area contributed by atoms with Gasteiger partial charge in [-0.1, -0.05) is 118 Å². The van der Waals surface area contributed by atoms with Crippen LogP contribution in [0.2, 0.25) is 0 Å². The van der Waals surface area contributed by atoms with Crippen molar-refractivity contribution in [2.75, 3.05) is 111 Å². The Balaban J connectivity index is 0. The van der Waals surface area contributed by atoms with Gasteiger partial charge in [0.1, 0.15) is 23.0 Å². The van der Waals surface area contributed by atoms with Crippen molar-refractivity contribution in [2.45, 2.75) is 107 Å². The second kappa shape index (κ2) is 36.5. The maximum Gasteiger partial charge on any atom is 0.119 e. The van der Waals surface area contributed by atoms with Gasteiger partial charge in [-0.25, -0.2) is 0 Å². The van der Waals surface area contributed by atoms with Crippen LogP contribution in [0.25, 0.3) is 5.57 Å². The standard InChI is InChI=1S/C15H25NO2.2C15H25NO.C15H23NO.2CH4/c1-6-15(17,12(2)11-16(3)4)13-8-7-9-14(10-13)18-5;3*1-6-15(12(2)11-16(3)4)13-8-7-9-14(10-13)17-5;;/h7-10,12,17H,6,11H2,1-5H3;2*7-10,12,15H,6,11H2,1-5H3;6-10,12H,11H2,1-5H3;2*1H4/t12-,15?;12-,15+;12-,15-;12-;;/m0000../s1. The molecule has 404 valence electrons. The van der Waals surface area contributed by atoms with Crippen molar-refractivity contribution in [3.8, 4) is 23.0 Å². The van der Waals surface area contributed by atoms with E-state index >= 15 is 0 Å². The molecule has 0 aliphatic rings. The van der Waals surface area contributed by atoms with Crippen molar-refractivity contribution in [3.63, 3.8) is 0 Å². The minimum Gasteiger partial charge on any atom is -0.497 e. The fourth-order valence-electron chi connectivity index (χ4n) is 9.70. The molecule has 0 aliphatic carbocycles. The van der Waals surface area contributed by atoms with Crippen LogP contribution in [0.15, 0.2) is 103 Å². The van der Waals surface area contributed by atoms with E-state index in [1.165, 1.54) is 35.1 Å². The first-order chi connectivity index (χ1) is 32.7. The molecule has 0 saturated heterocycles. The molecule has 4 aromatic rings. The van der Waals surface area contributed by atoms with E-state index < -0.39 is 5.60 Å². The van der Waals surface area contributed by atoms with Gasteiger partial charge in [0.15, 0.2) is 0 Å². The maximum absolute atomic E-state index is 10.9. The fourth-order valence-corrected chi connectivity index (χ4v) is 9.70. The number of methoxy groups -OCH3 is 4. The van der Waals surface area contributed by atoms with E-state index in [0.29, 0.717) is 36.0 Å². The molecule has 0 radical (unpaired) electrons. The second-order valence-corrected chi connectivity index (χ2v) is 19.9. The van der Waals surface area contributed by atoms with Gasteiger partial charge in [0, 0.05) is 32.1 Å². The zero-order chi connectivity index (χ0) is 52.3. The lowest BCUT2D eigenvalue weighted by Gasteiger charge is -2.35. The molecule has 7 atom stereocenters. The van der Waals surface area contributed by atoms with Gasteiger partial charge >= 0.3 is 0 Å². The second-order valence-electron chi connectivity index (χ2n) is 19.9. The van der Waals surface area contributed by atoms with Crippen LogP contribution < -0.4 is 18.9 Å². The summed E-state index contributed by atoms with van der Waals surface area (Å²) in [5.74, 6) is 6.81. The van der Waals surface area contributed by atoms with Crippen molar-refractivity contribution in [3.05, 3.63) is 125 Å². The van der Waals surface area contributed by atoms with E-state index in [2.05, 4.69) is 165 Å². The molecule has 9 heteroatoms. The summed E-state index contributed by atoms with van der Waals surface area (Å²) >= 11 is 0. The lowest BCUT2D eigenvalue weighted by molar-refractivity contribution is -0.0293. The summed E-state index contributed by atoms with van der Waals surface area (Å²) < 4.78 is 21.1. The number of nitrogens with zero attached hydrogens (tertiary/aromatic N) is 4. The number of benzene rings is 4. The SMILES string of the molecule is C.C.CC=C(c1cccc(OC)c1)[C@@H](C)CN(C)C.CCC(O)(c1cccc(OC)c1)[C@@H](C)CN(C)C.CC[C@@H](c1cccc(OC)c1)[C@@H](C)CN(C)C.CC[C@H](c1cccc(OC)c1)[C@@H](C)CN(C)C. The molecular formula is C62H106N4O5. The normalized spacial score (nSPS) is 14.5. The quantitative estimate of drug-likeness (QED) is 0.0782. The highest BCUT2D eigenvalue weighted by molar-refractivity contribution is 5.68. The van der Waals surface area contributed by atoms with Crippen LogP contribution in [0.4, 0.5) is 0 Å². The van der Waals surface area contributed by atoms with Crippen molar-refractivity contribution >= 4 is 5.57 Å². The lowest BCUT2D eigenvalue weighted by Crippen LogP contribution is -2.38. The van der Waals surface area contributed by atoms with Crippen molar-refractivity contribution in [1.82, 2.24) is 19.6 Å². The molecule has 0 amide bonds. The highest BCUT2D eigenvalue weighted by atomic mass is 16.5. The Labute approximate surface area is 437 Å². The number of hydrogen-bond donors (Lipinski definition) is 1. The van der Waals surface area contributed by atoms with Crippen molar-refractivity contribution in [1.29, 1.82) is 0 Å². The number of ether oxygens (including phenoxy) is 4. The lowest BCUT2D eigenvalue weighted by atomic mass is 9.80. The Kier molecular flexibility index (Phi) is 35.3. The molecule has 0 spiro atoms. The van der Waals surface area contributed by atoms with Gasteiger partial charge in [-0.2, -0.15) is 0 Å². The zero-order valence-electron chi connectivity index (χ0n) is 47.1. The van der Waals surface area contributed by atoms with Crippen LogP contribution in [-0.2, 0) is 5.60 Å². The number of rotatable bonds is 23. The smallest absolute Gasteiger partial charge is 0.119 e. The molecule has 0 bridgehead atoms. The van der Waals surface area contributed by atoms with Crippen molar-refractivity contribution < 1.29 is 24.1 Å². The first-order valence-electron chi connectivity index (χ1n) is 25.2. The molecule has 0 saturated carbocycles. The topological polar surface area (TPSA) is 70.1 Å². The van der Waals surface area contributed by atoms with Gasteiger partial charge in [0.2, 0.25) is 0 Å². The Bertz CT molecular complexity index is 1930. The summed E-state index contributed by atoms with van der Waals surface area (Å²) in [5.41, 5.74) is 5.53. The largest absolute Gasteiger partial charge is 0.497 e.